The van der Waals surface area contributed by atoms with Crippen LogP contribution in [0.25, 0.3) is 0 Å². The minimum absolute atomic E-state index is 0.148. The highest BCUT2D eigenvalue weighted by molar-refractivity contribution is 7.80. The molecule has 1 aliphatic rings. The predicted molar refractivity (Wildman–Crippen MR) is 141 cm³/mol. The smallest absolute Gasteiger partial charge is 0.173 e. The summed E-state index contributed by atoms with van der Waals surface area (Å²) in [5.41, 5.74) is 4.80. The molecule has 0 saturated carbocycles. The van der Waals surface area contributed by atoms with Gasteiger partial charge in [-0.2, -0.15) is 0 Å². The average molecular weight is 470 g/mol. The lowest BCUT2D eigenvalue weighted by Gasteiger charge is -2.30. The Labute approximate surface area is 205 Å². The van der Waals surface area contributed by atoms with Gasteiger partial charge < -0.3 is 19.7 Å². The Balaban J connectivity index is 1.70. The van der Waals surface area contributed by atoms with Gasteiger partial charge in [0.1, 0.15) is 5.75 Å². The lowest BCUT2D eigenvalue weighted by Crippen LogP contribution is -2.40. The van der Waals surface area contributed by atoms with Crippen molar-refractivity contribution in [1.82, 2.24) is 9.80 Å². The predicted octanol–water partition coefficient (Wildman–Crippen LogP) is 5.22. The third-order valence-electron chi connectivity index (χ3n) is 6.09. The van der Waals surface area contributed by atoms with Crippen LogP contribution in [0.2, 0.25) is 0 Å². The number of anilines is 1. The molecular formula is C27H39N3O2S. The highest BCUT2D eigenvalue weighted by atomic mass is 32.1. The fourth-order valence-electron chi connectivity index (χ4n) is 3.99. The van der Waals surface area contributed by atoms with E-state index in [1.165, 1.54) is 11.1 Å². The van der Waals surface area contributed by atoms with Crippen molar-refractivity contribution in [3.8, 4) is 5.75 Å². The number of benzene rings is 2. The monoisotopic (exact) mass is 469 g/mol. The van der Waals surface area contributed by atoms with Crippen molar-refractivity contribution < 1.29 is 9.47 Å². The van der Waals surface area contributed by atoms with E-state index in [0.717, 1.165) is 74.5 Å². The van der Waals surface area contributed by atoms with Crippen LogP contribution < -0.4 is 10.1 Å². The zero-order valence-electron chi connectivity index (χ0n) is 20.8. The van der Waals surface area contributed by atoms with Crippen LogP contribution in [0.3, 0.4) is 0 Å². The molecule has 0 spiro atoms. The maximum Gasteiger partial charge on any atom is 0.173 e. The van der Waals surface area contributed by atoms with Gasteiger partial charge in [-0.05, 0) is 59.8 Å². The summed E-state index contributed by atoms with van der Waals surface area (Å²) in [4.78, 5) is 4.74. The van der Waals surface area contributed by atoms with E-state index in [1.807, 2.05) is 12.1 Å². The fraction of sp³-hybridized carbons (Fsp3) is 0.519. The molecule has 6 heteroatoms. The highest BCUT2D eigenvalue weighted by Crippen LogP contribution is 2.26. The van der Waals surface area contributed by atoms with E-state index >= 15 is 0 Å². The number of nitrogens with zero attached hydrogens (tertiary/aromatic N) is 2. The molecule has 0 aliphatic carbocycles. The van der Waals surface area contributed by atoms with Crippen LogP contribution in [-0.2, 0) is 16.7 Å². The molecule has 0 amide bonds. The first-order chi connectivity index (χ1) is 15.8. The van der Waals surface area contributed by atoms with Gasteiger partial charge in [-0.3, -0.25) is 4.90 Å². The first-order valence-corrected chi connectivity index (χ1v) is 12.3. The zero-order valence-corrected chi connectivity index (χ0v) is 21.6. The maximum atomic E-state index is 5.88. The van der Waals surface area contributed by atoms with Crippen LogP contribution in [0.1, 0.15) is 43.9 Å². The van der Waals surface area contributed by atoms with E-state index in [1.54, 1.807) is 7.11 Å². The van der Waals surface area contributed by atoms with Crippen LogP contribution in [0, 0.1) is 6.92 Å². The Morgan fingerprint density at radius 1 is 1.12 bits per heavy atom. The number of thiocarbonyl (C=S) groups is 1. The first-order valence-electron chi connectivity index (χ1n) is 11.9. The van der Waals surface area contributed by atoms with Crippen molar-refractivity contribution in [1.29, 1.82) is 0 Å². The molecule has 1 fully saturated rings. The van der Waals surface area contributed by atoms with Crippen molar-refractivity contribution in [2.24, 2.45) is 0 Å². The molecule has 1 saturated heterocycles. The molecule has 5 nitrogen and oxygen atoms in total. The van der Waals surface area contributed by atoms with Crippen molar-refractivity contribution in [3.05, 3.63) is 59.2 Å². The second-order valence-electron chi connectivity index (χ2n) is 9.81. The van der Waals surface area contributed by atoms with E-state index in [0.29, 0.717) is 0 Å². The molecule has 0 aromatic heterocycles. The van der Waals surface area contributed by atoms with Gasteiger partial charge in [0, 0.05) is 32.7 Å². The maximum absolute atomic E-state index is 5.88. The van der Waals surface area contributed by atoms with Gasteiger partial charge in [0.05, 0.1) is 26.0 Å². The van der Waals surface area contributed by atoms with Crippen molar-refractivity contribution in [2.45, 2.75) is 46.1 Å². The number of methoxy groups -OCH3 is 1. The Bertz CT molecular complexity index is 903. The summed E-state index contributed by atoms with van der Waals surface area (Å²) in [7, 11) is 1.69. The number of aryl methyl sites for hydroxylation is 1. The molecule has 2 aromatic rings. The second kappa shape index (κ2) is 11.8. The Kier molecular flexibility index (Phi) is 9.12. The number of morpholine rings is 1. The van der Waals surface area contributed by atoms with Gasteiger partial charge in [0.2, 0.25) is 0 Å². The van der Waals surface area contributed by atoms with E-state index in [-0.39, 0.29) is 5.41 Å². The summed E-state index contributed by atoms with van der Waals surface area (Å²) < 4.78 is 11.1. The van der Waals surface area contributed by atoms with E-state index in [4.69, 9.17) is 21.7 Å². The van der Waals surface area contributed by atoms with Crippen LogP contribution >= 0.6 is 12.2 Å². The number of hydrogen-bond acceptors (Lipinski definition) is 4. The molecule has 1 heterocycles. The number of rotatable bonds is 8. The van der Waals surface area contributed by atoms with E-state index in [9.17, 15) is 0 Å². The Hall–Kier alpha value is -2.15. The van der Waals surface area contributed by atoms with E-state index < -0.39 is 0 Å². The van der Waals surface area contributed by atoms with Crippen LogP contribution in [0.5, 0.6) is 5.75 Å². The van der Waals surface area contributed by atoms with Crippen LogP contribution in [0.4, 0.5) is 5.69 Å². The third kappa shape index (κ3) is 7.70. The molecule has 3 rings (SSSR count). The van der Waals surface area contributed by atoms with Crippen LogP contribution in [-0.4, -0.2) is 61.4 Å². The Morgan fingerprint density at radius 2 is 1.82 bits per heavy atom. The topological polar surface area (TPSA) is 37.0 Å². The van der Waals surface area contributed by atoms with Crippen molar-refractivity contribution in [3.63, 3.8) is 0 Å². The molecular weight excluding hydrogens is 430 g/mol. The summed E-state index contributed by atoms with van der Waals surface area (Å²) in [5.74, 6) is 0.806. The number of nitrogens with one attached hydrogen (secondary N) is 1. The first kappa shape index (κ1) is 25.5. The van der Waals surface area contributed by atoms with Crippen molar-refractivity contribution in [2.75, 3.05) is 51.8 Å². The molecule has 0 atom stereocenters. The minimum Gasteiger partial charge on any atom is -0.495 e. The minimum atomic E-state index is 0.148. The summed E-state index contributed by atoms with van der Waals surface area (Å²) in [6.07, 6.45) is 1.05. The average Bonchev–Trinajstić information content (AvgIpc) is 2.80. The summed E-state index contributed by atoms with van der Waals surface area (Å²) in [6.45, 7) is 15.2. The quantitative estimate of drug-likeness (QED) is 0.534. The molecule has 33 heavy (non-hydrogen) atoms. The van der Waals surface area contributed by atoms with Gasteiger partial charge in [-0.15, -0.1) is 0 Å². The second-order valence-corrected chi connectivity index (χ2v) is 10.2. The zero-order chi connectivity index (χ0) is 23.8. The lowest BCUT2D eigenvalue weighted by atomic mass is 9.87. The standard InChI is InChI=1S/C27H39N3O2S/c1-21-7-12-24(25(19-21)31-5)28-26(33)30(14-6-13-29-15-17-32-18-16-29)20-22-8-10-23(11-9-22)27(2,3)4/h7-12,19H,6,13-18,20H2,1-5H3,(H,28,33). The van der Waals surface area contributed by atoms with Gasteiger partial charge in [-0.25, -0.2) is 0 Å². The van der Waals surface area contributed by atoms with Crippen LogP contribution in [0.15, 0.2) is 42.5 Å². The molecule has 0 radical (unpaired) electrons. The van der Waals surface area contributed by atoms with Gasteiger partial charge in [0.15, 0.2) is 5.11 Å². The van der Waals surface area contributed by atoms with Crippen molar-refractivity contribution >= 4 is 23.0 Å². The largest absolute Gasteiger partial charge is 0.495 e. The summed E-state index contributed by atoms with van der Waals surface area (Å²) >= 11 is 5.88. The van der Waals surface area contributed by atoms with Gasteiger partial charge in [-0.1, -0.05) is 51.1 Å². The molecule has 0 bridgehead atoms. The lowest BCUT2D eigenvalue weighted by molar-refractivity contribution is 0.0368. The van der Waals surface area contributed by atoms with Gasteiger partial charge >= 0.3 is 0 Å². The summed E-state index contributed by atoms with van der Waals surface area (Å²) in [6, 6.07) is 15.1. The third-order valence-corrected chi connectivity index (χ3v) is 6.45. The molecule has 0 unspecified atom stereocenters. The highest BCUT2D eigenvalue weighted by Gasteiger charge is 2.17. The fourth-order valence-corrected chi connectivity index (χ4v) is 4.25. The van der Waals surface area contributed by atoms with E-state index in [2.05, 4.69) is 73.1 Å². The van der Waals surface area contributed by atoms with Gasteiger partial charge in [0.25, 0.3) is 0 Å². The molecule has 1 aliphatic heterocycles. The molecule has 1 N–H and O–H groups in total. The normalized spacial score (nSPS) is 14.7. The SMILES string of the molecule is COc1cc(C)ccc1NC(=S)N(CCCN1CCOCC1)Cc1ccc(C(C)(C)C)cc1. The Morgan fingerprint density at radius 3 is 2.45 bits per heavy atom. The molecule has 2 aromatic carbocycles. The number of ether oxygens (including phenoxy) is 2. The summed E-state index contributed by atoms with van der Waals surface area (Å²) in [5, 5.41) is 4.15. The molecule has 180 valence electrons. The number of hydrogen-bond donors (Lipinski definition) is 1.